The van der Waals surface area contributed by atoms with E-state index in [4.69, 9.17) is 5.73 Å². The lowest BCUT2D eigenvalue weighted by Gasteiger charge is -2.36. The number of hydrogen-bond donors (Lipinski definition) is 1. The lowest BCUT2D eigenvalue weighted by Crippen LogP contribution is -2.53. The van der Waals surface area contributed by atoms with Crippen molar-refractivity contribution in [2.75, 3.05) is 31.1 Å². The number of rotatable bonds is 4. The van der Waals surface area contributed by atoms with Crippen LogP contribution in [-0.4, -0.2) is 48.0 Å². The molecule has 126 valence electrons. The van der Waals surface area contributed by atoms with Crippen LogP contribution < -0.4 is 10.6 Å². The first-order chi connectivity index (χ1) is 9.58. The molecule has 0 unspecified atom stereocenters. The maximum Gasteiger partial charge on any atom is 0.239 e. The number of hydrogen-bond acceptors (Lipinski definition) is 4. The first-order valence-corrected chi connectivity index (χ1v) is 7.28. The predicted octanol–water partition coefficient (Wildman–Crippen LogP) is 1.95. The summed E-state index contributed by atoms with van der Waals surface area (Å²) >= 11 is 0. The summed E-state index contributed by atoms with van der Waals surface area (Å²) in [6, 6.07) is 5.53. The Morgan fingerprint density at radius 2 is 1.86 bits per heavy atom. The number of nitrogens with two attached hydrogens (primary N) is 1. The van der Waals surface area contributed by atoms with Gasteiger partial charge in [0, 0.05) is 32.4 Å². The Bertz CT molecular complexity index is 436. The number of carbonyl (C=O) groups is 1. The number of aromatic nitrogens is 1. The number of pyridine rings is 1. The largest absolute Gasteiger partial charge is 0.353 e. The number of nitrogens with zero attached hydrogens (tertiary/aromatic N) is 3. The molecule has 0 radical (unpaired) electrons. The van der Waals surface area contributed by atoms with Crippen LogP contribution in [0.2, 0.25) is 0 Å². The van der Waals surface area contributed by atoms with Crippen LogP contribution in [0, 0.1) is 5.92 Å². The van der Waals surface area contributed by atoms with Crippen LogP contribution in [0.1, 0.15) is 20.3 Å². The Morgan fingerprint density at radius 1 is 1.23 bits per heavy atom. The molecule has 0 spiro atoms. The third kappa shape index (κ3) is 5.63. The Labute approximate surface area is 145 Å². The molecule has 1 aliphatic heterocycles. The van der Waals surface area contributed by atoms with E-state index in [2.05, 4.69) is 23.7 Å². The zero-order valence-corrected chi connectivity index (χ0v) is 14.8. The Balaban J connectivity index is 0.00000220. The van der Waals surface area contributed by atoms with Gasteiger partial charge in [0.2, 0.25) is 5.91 Å². The van der Waals surface area contributed by atoms with Crippen LogP contribution in [-0.2, 0) is 4.79 Å². The van der Waals surface area contributed by atoms with E-state index in [9.17, 15) is 4.79 Å². The standard InChI is InChI=1S/C15H24N4O.2ClH/c1-12(2)11-13(16)15(20)19-9-7-18(8-10-19)14-5-3-4-6-17-14;;/h3-6,12-13H,7-11,16H2,1-2H3;2*1H/t13-;;/m0../s1. The van der Waals surface area contributed by atoms with Gasteiger partial charge in [-0.05, 0) is 24.5 Å². The molecule has 2 N–H and O–H groups in total. The number of anilines is 1. The van der Waals surface area contributed by atoms with Gasteiger partial charge in [0.1, 0.15) is 5.82 Å². The van der Waals surface area contributed by atoms with Crippen molar-refractivity contribution in [3.05, 3.63) is 24.4 Å². The van der Waals surface area contributed by atoms with E-state index in [1.807, 2.05) is 23.1 Å². The highest BCUT2D eigenvalue weighted by atomic mass is 35.5. The minimum Gasteiger partial charge on any atom is -0.353 e. The second-order valence-electron chi connectivity index (χ2n) is 5.74. The second kappa shape index (κ2) is 9.87. The number of amides is 1. The molecule has 2 rings (SSSR count). The molecule has 0 bridgehead atoms. The van der Waals surface area contributed by atoms with Crippen LogP contribution in [0.25, 0.3) is 0 Å². The SMILES string of the molecule is CC(C)C[C@H](N)C(=O)N1CCN(c2ccccn2)CC1.Cl.Cl. The van der Waals surface area contributed by atoms with Crippen molar-refractivity contribution in [2.24, 2.45) is 11.7 Å². The van der Waals surface area contributed by atoms with E-state index >= 15 is 0 Å². The van der Waals surface area contributed by atoms with E-state index in [1.54, 1.807) is 6.20 Å². The van der Waals surface area contributed by atoms with Gasteiger partial charge in [0.15, 0.2) is 0 Å². The van der Waals surface area contributed by atoms with Gasteiger partial charge in [-0.2, -0.15) is 0 Å². The summed E-state index contributed by atoms with van der Waals surface area (Å²) in [5.74, 6) is 1.51. The fourth-order valence-electron chi connectivity index (χ4n) is 2.54. The molecule has 5 nitrogen and oxygen atoms in total. The monoisotopic (exact) mass is 348 g/mol. The number of piperazine rings is 1. The zero-order chi connectivity index (χ0) is 14.5. The third-order valence-corrected chi connectivity index (χ3v) is 3.61. The first kappa shape index (κ1) is 21.0. The quantitative estimate of drug-likeness (QED) is 0.903. The van der Waals surface area contributed by atoms with E-state index in [0.29, 0.717) is 5.92 Å². The fraction of sp³-hybridized carbons (Fsp3) is 0.600. The molecule has 1 amide bonds. The van der Waals surface area contributed by atoms with Crippen molar-refractivity contribution < 1.29 is 4.79 Å². The highest BCUT2D eigenvalue weighted by Crippen LogP contribution is 2.14. The Kier molecular flexibility index (Phi) is 9.41. The highest BCUT2D eigenvalue weighted by Gasteiger charge is 2.25. The summed E-state index contributed by atoms with van der Waals surface area (Å²) in [5, 5.41) is 0. The number of carbonyl (C=O) groups excluding carboxylic acids is 1. The second-order valence-corrected chi connectivity index (χ2v) is 5.74. The summed E-state index contributed by atoms with van der Waals surface area (Å²) in [7, 11) is 0. The molecule has 22 heavy (non-hydrogen) atoms. The Hall–Kier alpha value is -1.04. The van der Waals surface area contributed by atoms with E-state index in [1.165, 1.54) is 0 Å². The summed E-state index contributed by atoms with van der Waals surface area (Å²) in [5.41, 5.74) is 5.98. The molecular weight excluding hydrogens is 323 g/mol. The Morgan fingerprint density at radius 3 is 2.36 bits per heavy atom. The average molecular weight is 349 g/mol. The van der Waals surface area contributed by atoms with E-state index < -0.39 is 0 Å². The van der Waals surface area contributed by atoms with Crippen LogP contribution in [0.15, 0.2) is 24.4 Å². The van der Waals surface area contributed by atoms with Crippen LogP contribution >= 0.6 is 24.8 Å². The van der Waals surface area contributed by atoms with Crippen molar-refractivity contribution >= 4 is 36.5 Å². The summed E-state index contributed by atoms with van der Waals surface area (Å²) in [6.45, 7) is 7.26. The van der Waals surface area contributed by atoms with Crippen molar-refractivity contribution in [1.29, 1.82) is 0 Å². The first-order valence-electron chi connectivity index (χ1n) is 7.28. The molecule has 1 saturated heterocycles. The van der Waals surface area contributed by atoms with Gasteiger partial charge in [-0.3, -0.25) is 4.79 Å². The predicted molar refractivity (Wildman–Crippen MR) is 95.0 cm³/mol. The fourth-order valence-corrected chi connectivity index (χ4v) is 2.54. The van der Waals surface area contributed by atoms with Gasteiger partial charge in [0.25, 0.3) is 0 Å². The summed E-state index contributed by atoms with van der Waals surface area (Å²) in [4.78, 5) is 20.7. The third-order valence-electron chi connectivity index (χ3n) is 3.61. The summed E-state index contributed by atoms with van der Waals surface area (Å²) < 4.78 is 0. The van der Waals surface area contributed by atoms with Gasteiger partial charge < -0.3 is 15.5 Å². The molecule has 2 heterocycles. The van der Waals surface area contributed by atoms with E-state index in [-0.39, 0.29) is 36.8 Å². The van der Waals surface area contributed by atoms with Crippen LogP contribution in [0.3, 0.4) is 0 Å². The van der Waals surface area contributed by atoms with Crippen LogP contribution in [0.4, 0.5) is 5.82 Å². The molecular formula is C15H26Cl2N4O. The molecule has 1 aromatic heterocycles. The highest BCUT2D eigenvalue weighted by molar-refractivity contribution is 5.85. The van der Waals surface area contributed by atoms with Gasteiger partial charge in [-0.15, -0.1) is 24.8 Å². The molecule has 7 heteroatoms. The molecule has 0 aliphatic carbocycles. The minimum atomic E-state index is -0.364. The van der Waals surface area contributed by atoms with Crippen molar-refractivity contribution in [2.45, 2.75) is 26.3 Å². The normalized spacial score (nSPS) is 15.8. The van der Waals surface area contributed by atoms with Gasteiger partial charge in [-0.25, -0.2) is 4.98 Å². The van der Waals surface area contributed by atoms with E-state index in [0.717, 1.165) is 38.4 Å². The average Bonchev–Trinajstić information content (AvgIpc) is 2.47. The van der Waals surface area contributed by atoms with Crippen molar-refractivity contribution in [1.82, 2.24) is 9.88 Å². The lowest BCUT2D eigenvalue weighted by molar-refractivity contribution is -0.133. The zero-order valence-electron chi connectivity index (χ0n) is 13.1. The van der Waals surface area contributed by atoms with Crippen molar-refractivity contribution in [3.63, 3.8) is 0 Å². The van der Waals surface area contributed by atoms with Gasteiger partial charge in [0.05, 0.1) is 6.04 Å². The molecule has 0 aromatic carbocycles. The smallest absolute Gasteiger partial charge is 0.239 e. The molecule has 1 aliphatic rings. The number of halogens is 2. The maximum absolute atomic E-state index is 12.2. The van der Waals surface area contributed by atoms with Crippen LogP contribution in [0.5, 0.6) is 0 Å². The maximum atomic E-state index is 12.2. The molecule has 1 aromatic rings. The molecule has 1 atom stereocenters. The molecule has 0 saturated carbocycles. The summed E-state index contributed by atoms with van der Waals surface area (Å²) in [6.07, 6.45) is 2.55. The van der Waals surface area contributed by atoms with Crippen molar-refractivity contribution in [3.8, 4) is 0 Å². The lowest BCUT2D eigenvalue weighted by atomic mass is 10.0. The minimum absolute atomic E-state index is 0. The topological polar surface area (TPSA) is 62.5 Å². The molecule has 1 fully saturated rings. The van der Waals surface area contributed by atoms with Gasteiger partial charge in [-0.1, -0.05) is 19.9 Å². The van der Waals surface area contributed by atoms with Gasteiger partial charge >= 0.3 is 0 Å².